The molecular formula is C15H14N4OS. The summed E-state index contributed by atoms with van der Waals surface area (Å²) in [6.45, 7) is 0.465. The van der Waals surface area contributed by atoms with Gasteiger partial charge in [-0.1, -0.05) is 30.3 Å². The molecule has 1 aromatic heterocycles. The summed E-state index contributed by atoms with van der Waals surface area (Å²) in [6.07, 6.45) is 2.13. The Morgan fingerprint density at radius 3 is 3.00 bits per heavy atom. The summed E-state index contributed by atoms with van der Waals surface area (Å²) in [7, 11) is 0. The highest BCUT2D eigenvalue weighted by atomic mass is 32.2. The van der Waals surface area contributed by atoms with Crippen LogP contribution in [0.3, 0.4) is 0 Å². The van der Waals surface area contributed by atoms with Crippen molar-refractivity contribution in [2.75, 3.05) is 12.3 Å². The number of nitrogens with zero attached hydrogens (tertiary/aromatic N) is 3. The molecule has 6 heteroatoms. The van der Waals surface area contributed by atoms with Gasteiger partial charge in [0.2, 0.25) is 5.91 Å². The van der Waals surface area contributed by atoms with Gasteiger partial charge < -0.3 is 9.88 Å². The first-order valence-electron chi connectivity index (χ1n) is 6.68. The maximum atomic E-state index is 11.9. The van der Waals surface area contributed by atoms with E-state index in [2.05, 4.69) is 16.0 Å². The molecule has 106 valence electrons. The minimum Gasteiger partial charge on any atom is -0.339 e. The van der Waals surface area contributed by atoms with Crippen LogP contribution >= 0.6 is 11.8 Å². The Morgan fingerprint density at radius 1 is 1.43 bits per heavy atom. The average molecular weight is 298 g/mol. The fourth-order valence-corrected chi connectivity index (χ4v) is 3.50. The van der Waals surface area contributed by atoms with Crippen LogP contribution < -0.4 is 0 Å². The number of imidazole rings is 1. The van der Waals surface area contributed by atoms with Crippen LogP contribution in [0.2, 0.25) is 0 Å². The normalized spacial score (nSPS) is 18.0. The van der Waals surface area contributed by atoms with E-state index in [1.165, 1.54) is 0 Å². The largest absolute Gasteiger partial charge is 0.339 e. The predicted molar refractivity (Wildman–Crippen MR) is 81.2 cm³/mol. The lowest BCUT2D eigenvalue weighted by molar-refractivity contribution is -0.128. The summed E-state index contributed by atoms with van der Waals surface area (Å²) < 4.78 is 0. The van der Waals surface area contributed by atoms with Gasteiger partial charge in [-0.25, -0.2) is 4.98 Å². The van der Waals surface area contributed by atoms with Gasteiger partial charge >= 0.3 is 0 Å². The van der Waals surface area contributed by atoms with Crippen LogP contribution in [0.1, 0.15) is 17.5 Å². The van der Waals surface area contributed by atoms with Crippen molar-refractivity contribution in [2.45, 2.75) is 11.8 Å². The van der Waals surface area contributed by atoms with Crippen molar-refractivity contribution >= 4 is 17.7 Å². The van der Waals surface area contributed by atoms with E-state index < -0.39 is 0 Å². The van der Waals surface area contributed by atoms with Crippen molar-refractivity contribution in [3.8, 4) is 17.5 Å². The second-order valence-electron chi connectivity index (χ2n) is 4.71. The molecule has 1 N–H and O–H groups in total. The summed E-state index contributed by atoms with van der Waals surface area (Å²) in [5.41, 5.74) is 1.92. The number of rotatable bonds is 4. The zero-order valence-corrected chi connectivity index (χ0v) is 12.1. The maximum absolute atomic E-state index is 11.9. The van der Waals surface area contributed by atoms with Gasteiger partial charge in [-0.05, 0) is 0 Å². The molecule has 2 aromatic rings. The summed E-state index contributed by atoms with van der Waals surface area (Å²) in [5, 5.41) is 8.63. The maximum Gasteiger partial charge on any atom is 0.233 e. The van der Waals surface area contributed by atoms with E-state index in [1.807, 2.05) is 30.3 Å². The number of thioether (sulfide) groups is 1. The molecule has 1 aliphatic heterocycles. The van der Waals surface area contributed by atoms with E-state index in [0.29, 0.717) is 18.7 Å². The first-order chi connectivity index (χ1) is 10.3. The monoisotopic (exact) mass is 298 g/mol. The van der Waals surface area contributed by atoms with Crippen molar-refractivity contribution in [2.24, 2.45) is 0 Å². The summed E-state index contributed by atoms with van der Waals surface area (Å²) in [6, 6.07) is 12.0. The van der Waals surface area contributed by atoms with Gasteiger partial charge in [0.15, 0.2) is 0 Å². The Morgan fingerprint density at radius 2 is 2.24 bits per heavy atom. The number of hydrogen-bond donors (Lipinski definition) is 1. The van der Waals surface area contributed by atoms with Crippen LogP contribution in [0.5, 0.6) is 0 Å². The Balaban J connectivity index is 1.82. The summed E-state index contributed by atoms with van der Waals surface area (Å²) in [5.74, 6) is 1.33. The van der Waals surface area contributed by atoms with E-state index in [9.17, 15) is 4.79 Å². The lowest BCUT2D eigenvalue weighted by Gasteiger charge is -2.21. The highest BCUT2D eigenvalue weighted by molar-refractivity contribution is 8.00. The molecule has 0 saturated carbocycles. The minimum absolute atomic E-state index is 0.0733. The molecule has 1 amide bonds. The number of amides is 1. The number of nitrogens with one attached hydrogen (secondary N) is 1. The number of nitriles is 1. The Kier molecular flexibility index (Phi) is 3.93. The molecule has 1 fully saturated rings. The Bertz CT molecular complexity index is 676. The van der Waals surface area contributed by atoms with Gasteiger partial charge in [-0.15, -0.1) is 11.8 Å². The number of benzene rings is 1. The Labute approximate surface area is 127 Å². The quantitative estimate of drug-likeness (QED) is 0.941. The molecule has 21 heavy (non-hydrogen) atoms. The van der Waals surface area contributed by atoms with E-state index >= 15 is 0 Å². The minimum atomic E-state index is -0.0733. The topological polar surface area (TPSA) is 72.8 Å². The van der Waals surface area contributed by atoms with Crippen LogP contribution in [0.4, 0.5) is 0 Å². The molecule has 1 atom stereocenters. The highest BCUT2D eigenvalue weighted by Crippen LogP contribution is 2.38. The number of aromatic amines is 1. The number of carbonyl (C=O) groups excluding carboxylic acids is 1. The van der Waals surface area contributed by atoms with Gasteiger partial charge in [-0.2, -0.15) is 5.26 Å². The molecule has 0 aliphatic carbocycles. The van der Waals surface area contributed by atoms with E-state index in [0.717, 1.165) is 17.1 Å². The van der Waals surface area contributed by atoms with Crippen molar-refractivity contribution in [1.29, 1.82) is 5.26 Å². The third kappa shape index (κ3) is 2.78. The van der Waals surface area contributed by atoms with E-state index in [-0.39, 0.29) is 11.3 Å². The number of H-pyrrole nitrogens is 1. The molecule has 0 spiro atoms. The zero-order chi connectivity index (χ0) is 14.7. The second-order valence-corrected chi connectivity index (χ2v) is 5.78. The fourth-order valence-electron chi connectivity index (χ4n) is 2.33. The smallest absolute Gasteiger partial charge is 0.233 e. The first kappa shape index (κ1) is 13.7. The zero-order valence-electron chi connectivity index (χ0n) is 11.3. The molecule has 1 saturated heterocycles. The molecule has 5 nitrogen and oxygen atoms in total. The molecule has 1 unspecified atom stereocenters. The van der Waals surface area contributed by atoms with Gasteiger partial charge in [0.05, 0.1) is 30.1 Å². The predicted octanol–water partition coefficient (Wildman–Crippen LogP) is 2.56. The highest BCUT2D eigenvalue weighted by Gasteiger charge is 2.33. The van der Waals surface area contributed by atoms with Crippen LogP contribution in [0.15, 0.2) is 36.5 Å². The van der Waals surface area contributed by atoms with Crippen LogP contribution in [-0.4, -0.2) is 33.1 Å². The number of aromatic nitrogens is 2. The molecule has 0 bridgehead atoms. The van der Waals surface area contributed by atoms with E-state index in [4.69, 9.17) is 5.26 Å². The lowest BCUT2D eigenvalue weighted by atomic mass is 10.2. The summed E-state index contributed by atoms with van der Waals surface area (Å²) >= 11 is 1.57. The van der Waals surface area contributed by atoms with Crippen molar-refractivity contribution < 1.29 is 4.79 Å². The van der Waals surface area contributed by atoms with Gasteiger partial charge in [0.25, 0.3) is 0 Å². The van der Waals surface area contributed by atoms with Crippen LogP contribution in [0, 0.1) is 11.3 Å². The second kappa shape index (κ2) is 6.02. The van der Waals surface area contributed by atoms with E-state index in [1.54, 1.807) is 22.9 Å². The Hall–Kier alpha value is -2.26. The van der Waals surface area contributed by atoms with Gasteiger partial charge in [-0.3, -0.25) is 4.79 Å². The van der Waals surface area contributed by atoms with Gasteiger partial charge in [0, 0.05) is 12.1 Å². The molecule has 0 radical (unpaired) electrons. The van der Waals surface area contributed by atoms with Crippen molar-refractivity contribution in [1.82, 2.24) is 14.9 Å². The van der Waals surface area contributed by atoms with Crippen LogP contribution in [0.25, 0.3) is 11.4 Å². The van der Waals surface area contributed by atoms with Crippen LogP contribution in [-0.2, 0) is 4.79 Å². The number of carbonyl (C=O) groups is 1. The number of hydrogen-bond acceptors (Lipinski definition) is 4. The van der Waals surface area contributed by atoms with Crippen molar-refractivity contribution in [3.63, 3.8) is 0 Å². The molecule has 3 rings (SSSR count). The fraction of sp³-hybridized carbons (Fsp3) is 0.267. The van der Waals surface area contributed by atoms with Gasteiger partial charge in [0.1, 0.15) is 11.2 Å². The third-order valence-electron chi connectivity index (χ3n) is 3.34. The molecule has 1 aromatic carbocycles. The summed E-state index contributed by atoms with van der Waals surface area (Å²) in [4.78, 5) is 21.3. The van der Waals surface area contributed by atoms with Crippen molar-refractivity contribution in [3.05, 3.63) is 42.2 Å². The lowest BCUT2D eigenvalue weighted by Crippen LogP contribution is -2.29. The molecular weight excluding hydrogens is 284 g/mol. The average Bonchev–Trinajstić information content (AvgIpc) is 3.13. The third-order valence-corrected chi connectivity index (χ3v) is 4.58. The SMILES string of the molecule is N#CCCN1C(=O)CSC1c1cnc(-c2ccccc2)[nH]1. The first-order valence-corrected chi connectivity index (χ1v) is 7.73. The standard InChI is InChI=1S/C15H14N4OS/c16-7-4-8-19-13(20)10-21-15(19)12-9-17-14(18-12)11-5-2-1-3-6-11/h1-3,5-6,9,15H,4,8,10H2,(H,17,18). The molecule has 1 aliphatic rings. The molecule has 2 heterocycles.